The van der Waals surface area contributed by atoms with E-state index in [1.165, 1.54) is 12.2 Å². The molecule has 45 heavy (non-hydrogen) atoms. The normalized spacial score (nSPS) is 25.8. The van der Waals surface area contributed by atoms with Crippen molar-refractivity contribution in [2.75, 3.05) is 19.8 Å². The van der Waals surface area contributed by atoms with Crippen LogP contribution in [-0.2, 0) is 50.9 Å². The smallest absolute Gasteiger partial charge is 0.348 e. The predicted octanol–water partition coefficient (Wildman–Crippen LogP) is 2.44. The van der Waals surface area contributed by atoms with Crippen LogP contribution in [0.4, 0.5) is 0 Å². The molecule has 11 heteroatoms. The van der Waals surface area contributed by atoms with Crippen LogP contribution in [0.3, 0.4) is 0 Å². The van der Waals surface area contributed by atoms with E-state index in [9.17, 15) is 19.2 Å². The van der Waals surface area contributed by atoms with Crippen LogP contribution in [0.15, 0.2) is 66.3 Å². The highest BCUT2D eigenvalue weighted by Crippen LogP contribution is 2.45. The summed E-state index contributed by atoms with van der Waals surface area (Å²) in [4.78, 5) is 50.4. The molecule has 4 unspecified atom stereocenters. The summed E-state index contributed by atoms with van der Waals surface area (Å²) in [6, 6.07) is 14.4. The number of cyclic esters (lactones) is 1. The number of ether oxygens (including phenoxy) is 5. The van der Waals surface area contributed by atoms with Crippen molar-refractivity contribution in [2.45, 2.75) is 63.3 Å². The topological polar surface area (TPSA) is 147 Å². The third-order valence-corrected chi connectivity index (χ3v) is 8.47. The van der Waals surface area contributed by atoms with Gasteiger partial charge in [0.1, 0.15) is 24.9 Å². The Morgan fingerprint density at radius 2 is 1.73 bits per heavy atom. The number of amides is 1. The molecule has 0 radical (unpaired) electrons. The van der Waals surface area contributed by atoms with Crippen molar-refractivity contribution in [3.63, 3.8) is 0 Å². The number of esters is 3. The number of fused-ring (bicyclic) bond motifs is 2. The number of carbonyl (C=O) groups is 4. The van der Waals surface area contributed by atoms with Crippen LogP contribution in [-0.4, -0.2) is 78.9 Å². The largest absolute Gasteiger partial charge is 0.462 e. The maximum Gasteiger partial charge on any atom is 0.348 e. The Labute approximate surface area is 260 Å². The standard InChI is InChI=1S/C34H35NO10/c1-33(2)19-41-32(40)29(33)43-27(37)12-9-20-7-10-21(11-8-20)31(39)42-25-15-24(30(38)35-13-14-36)16-26-28(25)45-34(44-26)17-22-5-3-4-6-23(22)18-34/h3-12,16,25-26,28-29,36H,13-15,17-19H2,1-2H3,(H,35,38). The van der Waals surface area contributed by atoms with E-state index in [1.807, 2.05) is 24.3 Å². The lowest BCUT2D eigenvalue weighted by atomic mass is 9.90. The molecular formula is C34H35NO10. The average Bonchev–Trinajstić information content (AvgIpc) is 3.66. The van der Waals surface area contributed by atoms with Gasteiger partial charge in [-0.1, -0.05) is 50.2 Å². The third-order valence-electron chi connectivity index (χ3n) is 8.47. The van der Waals surface area contributed by atoms with Gasteiger partial charge < -0.3 is 34.1 Å². The molecular weight excluding hydrogens is 582 g/mol. The number of benzene rings is 2. The predicted molar refractivity (Wildman–Crippen MR) is 158 cm³/mol. The fourth-order valence-electron chi connectivity index (χ4n) is 6.14. The van der Waals surface area contributed by atoms with E-state index in [4.69, 9.17) is 28.8 Å². The van der Waals surface area contributed by atoms with E-state index >= 15 is 0 Å². The molecule has 236 valence electrons. The van der Waals surface area contributed by atoms with Gasteiger partial charge in [-0.25, -0.2) is 14.4 Å². The summed E-state index contributed by atoms with van der Waals surface area (Å²) in [5.74, 6) is -3.14. The SMILES string of the molecule is CC1(C)COC(=O)C1OC(=O)C=Cc1ccc(C(=O)OC2CC(C(=O)NCCO)=CC3OC4(Cc5ccccc5C4)OC32)cc1. The van der Waals surface area contributed by atoms with Crippen LogP contribution in [0.5, 0.6) is 0 Å². The van der Waals surface area contributed by atoms with Gasteiger partial charge in [0.15, 0.2) is 5.79 Å². The molecule has 1 amide bonds. The van der Waals surface area contributed by atoms with E-state index < -0.39 is 53.5 Å². The lowest BCUT2D eigenvalue weighted by molar-refractivity contribution is -0.172. The number of aliphatic hydroxyl groups excluding tert-OH is 1. The van der Waals surface area contributed by atoms with Crippen molar-refractivity contribution in [2.24, 2.45) is 5.41 Å². The number of carbonyl (C=O) groups excluding carboxylic acids is 4. The lowest BCUT2D eigenvalue weighted by Gasteiger charge is -2.30. The minimum absolute atomic E-state index is 0.0922. The Bertz CT molecular complexity index is 1530. The molecule has 2 aromatic rings. The first-order valence-corrected chi connectivity index (χ1v) is 14.9. The number of hydrogen-bond acceptors (Lipinski definition) is 10. The van der Waals surface area contributed by atoms with E-state index in [0.29, 0.717) is 24.0 Å². The molecule has 2 aliphatic carbocycles. The molecule has 0 aromatic heterocycles. The highest BCUT2D eigenvalue weighted by Gasteiger charge is 2.55. The fraction of sp³-hybridized carbons (Fsp3) is 0.412. The van der Waals surface area contributed by atoms with Crippen LogP contribution >= 0.6 is 0 Å². The molecule has 2 fully saturated rings. The van der Waals surface area contributed by atoms with Gasteiger partial charge >= 0.3 is 17.9 Å². The monoisotopic (exact) mass is 617 g/mol. The molecule has 4 atom stereocenters. The molecule has 11 nitrogen and oxygen atoms in total. The Kier molecular flexibility index (Phi) is 8.34. The average molecular weight is 618 g/mol. The van der Waals surface area contributed by atoms with Crippen LogP contribution in [0, 0.1) is 5.41 Å². The first-order chi connectivity index (χ1) is 21.6. The molecule has 2 saturated heterocycles. The maximum absolute atomic E-state index is 13.3. The first-order valence-electron chi connectivity index (χ1n) is 14.9. The lowest BCUT2D eigenvalue weighted by Crippen LogP contribution is -2.44. The molecule has 2 aliphatic heterocycles. The highest BCUT2D eigenvalue weighted by molar-refractivity contribution is 5.94. The quantitative estimate of drug-likeness (QED) is 0.257. The van der Waals surface area contributed by atoms with Crippen LogP contribution in [0.25, 0.3) is 6.08 Å². The van der Waals surface area contributed by atoms with Crippen molar-refractivity contribution >= 4 is 29.9 Å². The molecule has 2 N–H and O–H groups in total. The van der Waals surface area contributed by atoms with Crippen molar-refractivity contribution in [1.29, 1.82) is 0 Å². The van der Waals surface area contributed by atoms with Gasteiger partial charge in [0, 0.05) is 42.9 Å². The number of aliphatic hydroxyl groups is 1. The summed E-state index contributed by atoms with van der Waals surface area (Å²) in [6.45, 7) is 3.63. The van der Waals surface area contributed by atoms with Crippen LogP contribution < -0.4 is 5.32 Å². The zero-order valence-electron chi connectivity index (χ0n) is 25.0. The minimum Gasteiger partial charge on any atom is -0.462 e. The highest BCUT2D eigenvalue weighted by atomic mass is 16.8. The van der Waals surface area contributed by atoms with Crippen molar-refractivity contribution in [3.8, 4) is 0 Å². The van der Waals surface area contributed by atoms with Crippen molar-refractivity contribution in [1.82, 2.24) is 5.32 Å². The molecule has 2 aromatic carbocycles. The van der Waals surface area contributed by atoms with Crippen LogP contribution in [0.2, 0.25) is 0 Å². The van der Waals surface area contributed by atoms with Gasteiger partial charge in [-0.15, -0.1) is 0 Å². The van der Waals surface area contributed by atoms with E-state index in [1.54, 1.807) is 44.2 Å². The fourth-order valence-corrected chi connectivity index (χ4v) is 6.14. The molecule has 6 rings (SSSR count). The summed E-state index contributed by atoms with van der Waals surface area (Å²) in [6.07, 6.45) is 2.65. The van der Waals surface area contributed by atoms with E-state index in [-0.39, 0.29) is 37.6 Å². The Morgan fingerprint density at radius 3 is 2.38 bits per heavy atom. The second-order valence-electron chi connectivity index (χ2n) is 12.4. The second kappa shape index (κ2) is 12.2. The van der Waals surface area contributed by atoms with Gasteiger partial charge in [-0.05, 0) is 41.0 Å². The van der Waals surface area contributed by atoms with Crippen molar-refractivity contribution in [3.05, 3.63) is 88.5 Å². The van der Waals surface area contributed by atoms with E-state index in [2.05, 4.69) is 5.32 Å². The Hall–Kier alpha value is -4.32. The van der Waals surface area contributed by atoms with Crippen LogP contribution in [0.1, 0.15) is 47.3 Å². The van der Waals surface area contributed by atoms with Gasteiger partial charge in [0.2, 0.25) is 12.0 Å². The molecule has 0 bridgehead atoms. The second-order valence-corrected chi connectivity index (χ2v) is 12.4. The molecule has 2 heterocycles. The third kappa shape index (κ3) is 6.42. The first kappa shape index (κ1) is 30.7. The number of nitrogens with one attached hydrogen (secondary N) is 1. The van der Waals surface area contributed by atoms with Gasteiger partial charge in [-0.3, -0.25) is 4.79 Å². The van der Waals surface area contributed by atoms with Gasteiger partial charge in [0.05, 0.1) is 12.2 Å². The Balaban J connectivity index is 1.13. The summed E-state index contributed by atoms with van der Waals surface area (Å²) < 4.78 is 29.2. The summed E-state index contributed by atoms with van der Waals surface area (Å²) in [7, 11) is 0. The number of rotatable bonds is 8. The molecule has 0 saturated carbocycles. The maximum atomic E-state index is 13.3. The minimum atomic E-state index is -0.976. The molecule has 4 aliphatic rings. The molecule has 1 spiro atoms. The number of hydrogen-bond donors (Lipinski definition) is 2. The summed E-state index contributed by atoms with van der Waals surface area (Å²) in [5, 5.41) is 11.8. The van der Waals surface area contributed by atoms with E-state index in [0.717, 1.165) is 11.1 Å². The summed E-state index contributed by atoms with van der Waals surface area (Å²) >= 11 is 0. The summed E-state index contributed by atoms with van der Waals surface area (Å²) in [5.41, 5.74) is 2.92. The van der Waals surface area contributed by atoms with Gasteiger partial charge in [-0.2, -0.15) is 0 Å². The zero-order chi connectivity index (χ0) is 31.8. The van der Waals surface area contributed by atoms with Crippen molar-refractivity contribution < 1.29 is 48.0 Å². The zero-order valence-corrected chi connectivity index (χ0v) is 25.0. The van der Waals surface area contributed by atoms with Gasteiger partial charge in [0.25, 0.3) is 0 Å². The Morgan fingerprint density at radius 1 is 1.02 bits per heavy atom.